The second-order valence-corrected chi connectivity index (χ2v) is 5.79. The number of hydrogen-bond donors (Lipinski definition) is 1. The van der Waals surface area contributed by atoms with Gasteiger partial charge >= 0.3 is 0 Å². The zero-order chi connectivity index (χ0) is 13.0. The van der Waals surface area contributed by atoms with E-state index in [1.807, 2.05) is 19.1 Å². The predicted octanol–water partition coefficient (Wildman–Crippen LogP) is 3.93. The highest BCUT2D eigenvalue weighted by Gasteiger charge is 2.08. The van der Waals surface area contributed by atoms with Gasteiger partial charge in [0.1, 0.15) is 5.75 Å². The number of halogens is 1. The molecule has 0 spiro atoms. The average molecular weight is 327 g/mol. The van der Waals surface area contributed by atoms with E-state index in [9.17, 15) is 5.11 Å². The largest absolute Gasteiger partial charge is 0.493 e. The lowest BCUT2D eigenvalue weighted by molar-refractivity contribution is 0.263. The van der Waals surface area contributed by atoms with Crippen molar-refractivity contribution >= 4 is 27.3 Å². The molecule has 18 heavy (non-hydrogen) atoms. The van der Waals surface area contributed by atoms with Crippen molar-refractivity contribution in [2.24, 2.45) is 0 Å². The first kappa shape index (κ1) is 13.6. The number of hydrogen-bond acceptors (Lipinski definition) is 3. The normalized spacial score (nSPS) is 10.6. The Balaban J connectivity index is 2.04. The van der Waals surface area contributed by atoms with E-state index in [2.05, 4.69) is 32.8 Å². The van der Waals surface area contributed by atoms with Gasteiger partial charge in [-0.25, -0.2) is 0 Å². The van der Waals surface area contributed by atoms with Crippen molar-refractivity contribution in [3.63, 3.8) is 0 Å². The highest BCUT2D eigenvalue weighted by atomic mass is 79.9. The van der Waals surface area contributed by atoms with Gasteiger partial charge in [-0.2, -0.15) is 11.3 Å². The third kappa shape index (κ3) is 3.34. The molecule has 2 rings (SSSR count). The Morgan fingerprint density at radius 1 is 1.39 bits per heavy atom. The molecule has 1 N–H and O–H groups in total. The van der Waals surface area contributed by atoms with E-state index in [1.54, 1.807) is 11.3 Å². The Labute approximate surface area is 119 Å². The topological polar surface area (TPSA) is 29.5 Å². The molecule has 0 radical (unpaired) electrons. The van der Waals surface area contributed by atoms with Gasteiger partial charge in [0, 0.05) is 16.5 Å². The summed E-state index contributed by atoms with van der Waals surface area (Å²) in [6, 6.07) is 6.00. The summed E-state index contributed by atoms with van der Waals surface area (Å²) in [6.07, 6.45) is 0.893. The van der Waals surface area contributed by atoms with Crippen LogP contribution < -0.4 is 4.74 Å². The first-order valence-corrected chi connectivity index (χ1v) is 7.48. The van der Waals surface area contributed by atoms with Crippen molar-refractivity contribution in [1.82, 2.24) is 0 Å². The Hall–Kier alpha value is -0.840. The molecule has 0 atom stereocenters. The van der Waals surface area contributed by atoms with Gasteiger partial charge < -0.3 is 9.84 Å². The first-order chi connectivity index (χ1) is 8.70. The molecule has 1 heterocycles. The molecule has 0 bridgehead atoms. The summed E-state index contributed by atoms with van der Waals surface area (Å²) in [5, 5.41) is 13.5. The lowest BCUT2D eigenvalue weighted by Crippen LogP contribution is -2.04. The van der Waals surface area contributed by atoms with Crippen LogP contribution in [0.25, 0.3) is 0 Å². The number of rotatable bonds is 5. The fraction of sp³-hybridized carbons (Fsp3) is 0.286. The van der Waals surface area contributed by atoms with Crippen molar-refractivity contribution in [3.8, 4) is 5.75 Å². The minimum Gasteiger partial charge on any atom is -0.493 e. The van der Waals surface area contributed by atoms with E-state index in [0.717, 1.165) is 27.8 Å². The zero-order valence-corrected chi connectivity index (χ0v) is 12.6. The van der Waals surface area contributed by atoms with Crippen LogP contribution in [0, 0.1) is 6.92 Å². The standard InChI is InChI=1S/C14H15BrO2S/c1-10-6-13(15)7-12(8-16)14(10)17-4-2-11-3-5-18-9-11/h3,5-7,9,16H,2,4,8H2,1H3. The van der Waals surface area contributed by atoms with Crippen LogP contribution in [0.15, 0.2) is 33.4 Å². The summed E-state index contributed by atoms with van der Waals surface area (Å²) in [5.74, 6) is 0.802. The second kappa shape index (κ2) is 6.36. The zero-order valence-electron chi connectivity index (χ0n) is 10.1. The number of aryl methyl sites for hydroxylation is 1. The van der Waals surface area contributed by atoms with Gasteiger partial charge in [0.05, 0.1) is 13.2 Å². The smallest absolute Gasteiger partial charge is 0.127 e. The van der Waals surface area contributed by atoms with Crippen molar-refractivity contribution in [2.45, 2.75) is 20.0 Å². The van der Waals surface area contributed by atoms with Gasteiger partial charge in [-0.05, 0) is 47.0 Å². The number of ether oxygens (including phenoxy) is 1. The first-order valence-electron chi connectivity index (χ1n) is 5.74. The molecule has 0 saturated carbocycles. The van der Waals surface area contributed by atoms with Crippen molar-refractivity contribution in [2.75, 3.05) is 6.61 Å². The third-order valence-electron chi connectivity index (χ3n) is 2.70. The molecule has 1 aromatic heterocycles. The van der Waals surface area contributed by atoms with Crippen LogP contribution in [0.4, 0.5) is 0 Å². The van der Waals surface area contributed by atoms with E-state index >= 15 is 0 Å². The summed E-state index contributed by atoms with van der Waals surface area (Å²) >= 11 is 5.12. The average Bonchev–Trinajstić information content (AvgIpc) is 2.84. The number of aliphatic hydroxyl groups is 1. The molecule has 0 fully saturated rings. The Morgan fingerprint density at radius 2 is 2.22 bits per heavy atom. The maximum atomic E-state index is 9.35. The second-order valence-electron chi connectivity index (χ2n) is 4.10. The third-order valence-corrected chi connectivity index (χ3v) is 3.89. The fourth-order valence-corrected chi connectivity index (χ4v) is 3.15. The van der Waals surface area contributed by atoms with Crippen molar-refractivity contribution in [3.05, 3.63) is 50.1 Å². The van der Waals surface area contributed by atoms with Crippen LogP contribution in [0.2, 0.25) is 0 Å². The van der Waals surface area contributed by atoms with Crippen LogP contribution in [0.3, 0.4) is 0 Å². The molecule has 0 amide bonds. The summed E-state index contributed by atoms with van der Waals surface area (Å²) in [5.41, 5.74) is 3.16. The van der Waals surface area contributed by atoms with Gasteiger partial charge in [-0.15, -0.1) is 0 Å². The molecule has 2 nitrogen and oxygen atoms in total. The number of benzene rings is 1. The van der Waals surface area contributed by atoms with Gasteiger partial charge in [0.15, 0.2) is 0 Å². The molecule has 4 heteroatoms. The molecule has 0 aliphatic heterocycles. The summed E-state index contributed by atoms with van der Waals surface area (Å²) in [6.45, 7) is 2.62. The fourth-order valence-electron chi connectivity index (χ4n) is 1.83. The minimum atomic E-state index is -0.00589. The van der Waals surface area contributed by atoms with Gasteiger partial charge in [-0.1, -0.05) is 15.9 Å². The molecule has 0 aliphatic rings. The SMILES string of the molecule is Cc1cc(Br)cc(CO)c1OCCc1ccsc1. The molecule has 2 aromatic rings. The van der Waals surface area contributed by atoms with Crippen LogP contribution in [-0.4, -0.2) is 11.7 Å². The molecule has 0 aliphatic carbocycles. The number of aliphatic hydroxyl groups excluding tert-OH is 1. The van der Waals surface area contributed by atoms with Crippen molar-refractivity contribution in [1.29, 1.82) is 0 Å². The quantitative estimate of drug-likeness (QED) is 0.901. The van der Waals surface area contributed by atoms with Gasteiger partial charge in [-0.3, -0.25) is 0 Å². The Kier molecular flexibility index (Phi) is 4.80. The highest BCUT2D eigenvalue weighted by molar-refractivity contribution is 9.10. The highest BCUT2D eigenvalue weighted by Crippen LogP contribution is 2.28. The molecule has 0 saturated heterocycles. The minimum absolute atomic E-state index is 0.00589. The van der Waals surface area contributed by atoms with E-state index in [-0.39, 0.29) is 6.61 Å². The van der Waals surface area contributed by atoms with E-state index < -0.39 is 0 Å². The van der Waals surface area contributed by atoms with Gasteiger partial charge in [0.25, 0.3) is 0 Å². The molecule has 96 valence electrons. The van der Waals surface area contributed by atoms with Crippen molar-refractivity contribution < 1.29 is 9.84 Å². The lowest BCUT2D eigenvalue weighted by atomic mass is 10.1. The van der Waals surface area contributed by atoms with Crippen LogP contribution >= 0.6 is 27.3 Å². The Bertz CT molecular complexity index is 509. The lowest BCUT2D eigenvalue weighted by Gasteiger charge is -2.13. The molecular formula is C14H15BrO2S. The predicted molar refractivity (Wildman–Crippen MR) is 78.3 cm³/mol. The maximum absolute atomic E-state index is 9.35. The summed E-state index contributed by atoms with van der Waals surface area (Å²) in [4.78, 5) is 0. The molecule has 1 aromatic carbocycles. The van der Waals surface area contributed by atoms with Crippen LogP contribution in [0.1, 0.15) is 16.7 Å². The molecular weight excluding hydrogens is 312 g/mol. The van der Waals surface area contributed by atoms with Crippen LogP contribution in [0.5, 0.6) is 5.75 Å². The van der Waals surface area contributed by atoms with Crippen LogP contribution in [-0.2, 0) is 13.0 Å². The van der Waals surface area contributed by atoms with E-state index in [1.165, 1.54) is 5.56 Å². The maximum Gasteiger partial charge on any atom is 0.127 e. The monoisotopic (exact) mass is 326 g/mol. The Morgan fingerprint density at radius 3 is 2.89 bits per heavy atom. The summed E-state index contributed by atoms with van der Waals surface area (Å²) in [7, 11) is 0. The van der Waals surface area contributed by atoms with E-state index in [4.69, 9.17) is 4.74 Å². The number of thiophene rings is 1. The summed E-state index contributed by atoms with van der Waals surface area (Å²) < 4.78 is 6.78. The molecule has 0 unspecified atom stereocenters. The van der Waals surface area contributed by atoms with Gasteiger partial charge in [0.2, 0.25) is 0 Å². The van der Waals surface area contributed by atoms with E-state index in [0.29, 0.717) is 6.61 Å².